The van der Waals surface area contributed by atoms with Gasteiger partial charge in [0.15, 0.2) is 0 Å². The predicted octanol–water partition coefficient (Wildman–Crippen LogP) is 1.91. The zero-order valence-electron chi connectivity index (χ0n) is 11.6. The Balaban J connectivity index is 2.12. The van der Waals surface area contributed by atoms with Crippen LogP contribution in [0.4, 0.5) is 11.4 Å². The minimum atomic E-state index is -0.117. The summed E-state index contributed by atoms with van der Waals surface area (Å²) < 4.78 is 0. The molecular weight excluding hydrogens is 254 g/mol. The monoisotopic (exact) mass is 273 g/mol. The van der Waals surface area contributed by atoms with Crippen LogP contribution in [0.25, 0.3) is 0 Å². The number of nitrogens with zero attached hydrogens (tertiary/aromatic N) is 1. The molecule has 0 aliphatic carbocycles. The molecule has 6 nitrogen and oxygen atoms in total. The smallest absolute Gasteiger partial charge is 0.251 e. The highest BCUT2D eigenvalue weighted by atomic mass is 16.1. The Hall–Kier alpha value is -2.50. The molecule has 0 radical (unpaired) electrons. The Morgan fingerprint density at radius 2 is 2.30 bits per heavy atom. The molecule has 5 N–H and O–H groups in total. The van der Waals surface area contributed by atoms with Crippen molar-refractivity contribution in [2.75, 3.05) is 17.6 Å². The Bertz CT molecular complexity index is 579. The molecule has 0 saturated heterocycles. The molecule has 106 valence electrons. The van der Waals surface area contributed by atoms with Crippen molar-refractivity contribution in [1.29, 1.82) is 0 Å². The standard InChI is InChI=1S/C14H19N5O/c1-3-16-14(20)10-4-5-13(12(15)6-10)19-9(2)11-7-17-18-8-11/h4-9,19H,3,15H2,1-2H3,(H,16,20)(H,17,18). The molecule has 1 aromatic carbocycles. The maximum Gasteiger partial charge on any atom is 0.251 e. The van der Waals surface area contributed by atoms with Gasteiger partial charge in [0.2, 0.25) is 0 Å². The van der Waals surface area contributed by atoms with Gasteiger partial charge in [0.25, 0.3) is 5.91 Å². The second-order valence-corrected chi connectivity index (χ2v) is 4.56. The minimum Gasteiger partial charge on any atom is -0.397 e. The fourth-order valence-corrected chi connectivity index (χ4v) is 1.91. The van der Waals surface area contributed by atoms with Crippen LogP contribution in [-0.2, 0) is 0 Å². The van der Waals surface area contributed by atoms with Gasteiger partial charge < -0.3 is 16.4 Å². The van der Waals surface area contributed by atoms with E-state index in [1.54, 1.807) is 18.3 Å². The summed E-state index contributed by atoms with van der Waals surface area (Å²) in [6, 6.07) is 5.32. The number of nitrogen functional groups attached to an aromatic ring is 1. The molecule has 1 aromatic heterocycles. The minimum absolute atomic E-state index is 0.0753. The molecular formula is C14H19N5O. The van der Waals surface area contributed by atoms with E-state index < -0.39 is 0 Å². The van der Waals surface area contributed by atoms with E-state index in [9.17, 15) is 4.79 Å². The van der Waals surface area contributed by atoms with E-state index in [4.69, 9.17) is 5.73 Å². The summed E-state index contributed by atoms with van der Waals surface area (Å²) in [6.07, 6.45) is 3.59. The van der Waals surface area contributed by atoms with Crippen molar-refractivity contribution < 1.29 is 4.79 Å². The van der Waals surface area contributed by atoms with Crippen LogP contribution in [0.15, 0.2) is 30.6 Å². The van der Waals surface area contributed by atoms with E-state index in [2.05, 4.69) is 20.8 Å². The van der Waals surface area contributed by atoms with Gasteiger partial charge in [0, 0.05) is 23.9 Å². The second kappa shape index (κ2) is 6.10. The first-order valence-corrected chi connectivity index (χ1v) is 6.54. The van der Waals surface area contributed by atoms with Crippen LogP contribution in [0, 0.1) is 0 Å². The molecule has 1 atom stereocenters. The second-order valence-electron chi connectivity index (χ2n) is 4.56. The average molecular weight is 273 g/mol. The highest BCUT2D eigenvalue weighted by Crippen LogP contribution is 2.24. The summed E-state index contributed by atoms with van der Waals surface area (Å²) in [4.78, 5) is 11.7. The fraction of sp³-hybridized carbons (Fsp3) is 0.286. The number of benzene rings is 1. The molecule has 0 fully saturated rings. The normalized spacial score (nSPS) is 11.9. The van der Waals surface area contributed by atoms with Crippen molar-refractivity contribution >= 4 is 17.3 Å². The van der Waals surface area contributed by atoms with Gasteiger partial charge in [-0.2, -0.15) is 5.10 Å². The Morgan fingerprint density at radius 1 is 1.50 bits per heavy atom. The van der Waals surface area contributed by atoms with Gasteiger partial charge in [-0.3, -0.25) is 9.89 Å². The number of nitrogens with two attached hydrogens (primary N) is 1. The molecule has 0 saturated carbocycles. The van der Waals surface area contributed by atoms with Crippen molar-refractivity contribution in [3.8, 4) is 0 Å². The topological polar surface area (TPSA) is 95.8 Å². The van der Waals surface area contributed by atoms with E-state index in [1.807, 2.05) is 26.1 Å². The van der Waals surface area contributed by atoms with E-state index in [-0.39, 0.29) is 11.9 Å². The fourth-order valence-electron chi connectivity index (χ4n) is 1.91. The lowest BCUT2D eigenvalue weighted by Gasteiger charge is -2.16. The first kappa shape index (κ1) is 13.9. The van der Waals surface area contributed by atoms with Crippen molar-refractivity contribution in [1.82, 2.24) is 15.5 Å². The number of H-pyrrole nitrogens is 1. The third-order valence-corrected chi connectivity index (χ3v) is 3.04. The maximum absolute atomic E-state index is 11.7. The molecule has 1 heterocycles. The van der Waals surface area contributed by atoms with Crippen LogP contribution >= 0.6 is 0 Å². The quantitative estimate of drug-likeness (QED) is 0.626. The van der Waals surface area contributed by atoms with E-state index in [0.717, 1.165) is 11.3 Å². The zero-order valence-corrected chi connectivity index (χ0v) is 11.6. The largest absolute Gasteiger partial charge is 0.397 e. The number of nitrogens with one attached hydrogen (secondary N) is 3. The van der Waals surface area contributed by atoms with Crippen LogP contribution in [0.5, 0.6) is 0 Å². The summed E-state index contributed by atoms with van der Waals surface area (Å²) in [6.45, 7) is 4.49. The molecule has 2 rings (SSSR count). The van der Waals surface area contributed by atoms with Gasteiger partial charge in [0.1, 0.15) is 0 Å². The average Bonchev–Trinajstić information content (AvgIpc) is 2.95. The van der Waals surface area contributed by atoms with Crippen LogP contribution in [0.3, 0.4) is 0 Å². The van der Waals surface area contributed by atoms with Crippen LogP contribution in [-0.4, -0.2) is 22.6 Å². The number of rotatable bonds is 5. The maximum atomic E-state index is 11.7. The number of amides is 1. The lowest BCUT2D eigenvalue weighted by molar-refractivity contribution is 0.0956. The van der Waals surface area contributed by atoms with Crippen LogP contribution in [0.2, 0.25) is 0 Å². The Morgan fingerprint density at radius 3 is 2.90 bits per heavy atom. The third-order valence-electron chi connectivity index (χ3n) is 3.04. The van der Waals surface area contributed by atoms with Crippen molar-refractivity contribution in [2.24, 2.45) is 0 Å². The molecule has 0 aliphatic rings. The van der Waals surface area contributed by atoms with Gasteiger partial charge in [0.05, 0.1) is 23.6 Å². The number of hydrogen-bond acceptors (Lipinski definition) is 4. The Labute approximate surface area is 117 Å². The predicted molar refractivity (Wildman–Crippen MR) is 79.5 cm³/mol. The number of carbonyl (C=O) groups excluding carboxylic acids is 1. The number of hydrogen-bond donors (Lipinski definition) is 4. The number of carbonyl (C=O) groups is 1. The first-order chi connectivity index (χ1) is 9.61. The molecule has 0 bridgehead atoms. The molecule has 1 unspecified atom stereocenters. The van der Waals surface area contributed by atoms with E-state index in [0.29, 0.717) is 17.8 Å². The molecule has 2 aromatic rings. The van der Waals surface area contributed by atoms with Crippen LogP contribution in [0.1, 0.15) is 35.8 Å². The van der Waals surface area contributed by atoms with Gasteiger partial charge in [-0.1, -0.05) is 0 Å². The summed E-state index contributed by atoms with van der Waals surface area (Å²) in [7, 11) is 0. The molecule has 20 heavy (non-hydrogen) atoms. The van der Waals surface area contributed by atoms with E-state index >= 15 is 0 Å². The highest BCUT2D eigenvalue weighted by molar-refractivity contribution is 5.96. The summed E-state index contributed by atoms with van der Waals surface area (Å²) in [5.74, 6) is -0.117. The van der Waals surface area contributed by atoms with Crippen molar-refractivity contribution in [3.05, 3.63) is 41.7 Å². The van der Waals surface area contributed by atoms with Gasteiger partial charge in [-0.15, -0.1) is 0 Å². The molecule has 1 amide bonds. The summed E-state index contributed by atoms with van der Waals surface area (Å²) in [5, 5.41) is 12.7. The van der Waals surface area contributed by atoms with Crippen LogP contribution < -0.4 is 16.4 Å². The van der Waals surface area contributed by atoms with E-state index in [1.165, 1.54) is 0 Å². The number of aromatic nitrogens is 2. The van der Waals surface area contributed by atoms with Crippen molar-refractivity contribution in [3.63, 3.8) is 0 Å². The molecule has 0 aliphatic heterocycles. The van der Waals surface area contributed by atoms with Gasteiger partial charge in [-0.05, 0) is 32.0 Å². The number of aromatic amines is 1. The third kappa shape index (κ3) is 3.09. The Kier molecular flexibility index (Phi) is 4.24. The summed E-state index contributed by atoms with van der Waals surface area (Å²) >= 11 is 0. The zero-order chi connectivity index (χ0) is 14.5. The van der Waals surface area contributed by atoms with Gasteiger partial charge >= 0.3 is 0 Å². The summed E-state index contributed by atoms with van der Waals surface area (Å²) in [5.41, 5.74) is 8.93. The number of anilines is 2. The molecule has 6 heteroatoms. The van der Waals surface area contributed by atoms with Gasteiger partial charge in [-0.25, -0.2) is 0 Å². The highest BCUT2D eigenvalue weighted by Gasteiger charge is 2.10. The van der Waals surface area contributed by atoms with Crippen molar-refractivity contribution in [2.45, 2.75) is 19.9 Å². The lowest BCUT2D eigenvalue weighted by atomic mass is 10.1. The SMILES string of the molecule is CCNC(=O)c1ccc(NC(C)c2cn[nH]c2)c(N)c1. The molecule has 0 spiro atoms. The lowest BCUT2D eigenvalue weighted by Crippen LogP contribution is -2.22. The first-order valence-electron chi connectivity index (χ1n) is 6.54.